The van der Waals surface area contributed by atoms with E-state index in [1.807, 2.05) is 12.3 Å². The number of pyridine rings is 1. The number of anilines is 2. The van der Waals surface area contributed by atoms with E-state index < -0.39 is 0 Å². The molecule has 21 heavy (non-hydrogen) atoms. The summed E-state index contributed by atoms with van der Waals surface area (Å²) in [4.78, 5) is 6.80. The predicted molar refractivity (Wildman–Crippen MR) is 87.5 cm³/mol. The van der Waals surface area contributed by atoms with Gasteiger partial charge in [0.2, 0.25) is 0 Å². The highest BCUT2D eigenvalue weighted by Crippen LogP contribution is 2.45. The lowest BCUT2D eigenvalue weighted by Crippen LogP contribution is -2.34. The second kappa shape index (κ2) is 5.30. The maximum atomic E-state index is 6.15. The minimum atomic E-state index is 0.641. The van der Waals surface area contributed by atoms with Crippen molar-refractivity contribution in [1.82, 2.24) is 9.36 Å². The highest BCUT2D eigenvalue weighted by atomic mass is 32.1. The molecule has 1 aliphatic heterocycles. The number of aromatic nitrogens is 2. The number of fused-ring (bicyclic) bond motifs is 1. The highest BCUT2D eigenvalue weighted by Gasteiger charge is 2.37. The number of hydrogen-bond acceptors (Lipinski definition) is 5. The zero-order valence-corrected chi connectivity index (χ0v) is 12.9. The smallest absolute Gasteiger partial charge is 0.147 e. The van der Waals surface area contributed by atoms with E-state index >= 15 is 0 Å². The summed E-state index contributed by atoms with van der Waals surface area (Å²) >= 11 is 1.55. The summed E-state index contributed by atoms with van der Waals surface area (Å²) in [6.07, 6.45) is 10.5. The molecule has 2 aromatic rings. The number of nitrogen functional groups attached to an aromatic ring is 1. The standard InChI is InChI=1S/C16H20N4S/c17-15-14(12-5-3-8-18-10-12)16(21-19-15)20-9-7-11-4-1-2-6-13(11)20/h3,5,8,10-11,13H,1-2,4,6-7,9H2,(H2,17,19). The molecule has 0 radical (unpaired) electrons. The Morgan fingerprint density at radius 1 is 1.24 bits per heavy atom. The lowest BCUT2D eigenvalue weighted by molar-refractivity contribution is 0.342. The molecule has 0 amide bonds. The number of hydrogen-bond donors (Lipinski definition) is 1. The summed E-state index contributed by atoms with van der Waals surface area (Å²) in [6, 6.07) is 4.73. The van der Waals surface area contributed by atoms with Crippen LogP contribution in [-0.2, 0) is 0 Å². The van der Waals surface area contributed by atoms with Gasteiger partial charge in [0.25, 0.3) is 0 Å². The third kappa shape index (κ3) is 2.20. The first-order valence-electron chi connectivity index (χ1n) is 7.77. The van der Waals surface area contributed by atoms with Crippen molar-refractivity contribution in [2.45, 2.75) is 38.1 Å². The summed E-state index contributed by atoms with van der Waals surface area (Å²) in [5.41, 5.74) is 8.32. The Bertz CT molecular complexity index is 624. The van der Waals surface area contributed by atoms with E-state index in [0.29, 0.717) is 11.9 Å². The molecule has 2 aliphatic rings. The van der Waals surface area contributed by atoms with Crippen molar-refractivity contribution < 1.29 is 0 Å². The topological polar surface area (TPSA) is 55.0 Å². The molecule has 0 spiro atoms. The Balaban J connectivity index is 1.73. The third-order valence-electron chi connectivity index (χ3n) is 4.92. The summed E-state index contributed by atoms with van der Waals surface area (Å²) in [5, 5.41) is 1.25. The number of rotatable bonds is 2. The van der Waals surface area contributed by atoms with Gasteiger partial charge in [-0.2, -0.15) is 4.37 Å². The van der Waals surface area contributed by atoms with Gasteiger partial charge in [-0.3, -0.25) is 4.98 Å². The Labute approximate surface area is 129 Å². The molecule has 2 aromatic heterocycles. The van der Waals surface area contributed by atoms with Crippen LogP contribution in [-0.4, -0.2) is 21.9 Å². The van der Waals surface area contributed by atoms with E-state index in [2.05, 4.69) is 20.3 Å². The van der Waals surface area contributed by atoms with Crippen LogP contribution < -0.4 is 10.6 Å². The fourth-order valence-electron chi connectivity index (χ4n) is 3.93. The van der Waals surface area contributed by atoms with Crippen LogP contribution in [0, 0.1) is 5.92 Å². The third-order valence-corrected chi connectivity index (χ3v) is 5.82. The van der Waals surface area contributed by atoms with E-state index in [-0.39, 0.29) is 0 Å². The minimum absolute atomic E-state index is 0.641. The van der Waals surface area contributed by atoms with Gasteiger partial charge >= 0.3 is 0 Å². The molecule has 2 fully saturated rings. The zero-order chi connectivity index (χ0) is 14.2. The van der Waals surface area contributed by atoms with Gasteiger partial charge in [-0.1, -0.05) is 18.9 Å². The number of nitrogens with two attached hydrogens (primary N) is 1. The van der Waals surface area contributed by atoms with E-state index in [1.54, 1.807) is 17.7 Å². The summed E-state index contributed by atoms with van der Waals surface area (Å²) < 4.78 is 4.43. The van der Waals surface area contributed by atoms with Gasteiger partial charge in [-0.05, 0) is 42.8 Å². The highest BCUT2D eigenvalue weighted by molar-refractivity contribution is 7.11. The van der Waals surface area contributed by atoms with Crippen LogP contribution in [0.25, 0.3) is 11.1 Å². The van der Waals surface area contributed by atoms with Crippen LogP contribution >= 0.6 is 11.5 Å². The van der Waals surface area contributed by atoms with Crippen molar-refractivity contribution in [2.75, 3.05) is 17.2 Å². The van der Waals surface area contributed by atoms with E-state index in [4.69, 9.17) is 5.73 Å². The predicted octanol–water partition coefficient (Wildman–Crippen LogP) is 3.56. The molecule has 2 unspecified atom stereocenters. The minimum Gasteiger partial charge on any atom is -0.382 e. The van der Waals surface area contributed by atoms with Crippen LogP contribution in [0.1, 0.15) is 32.1 Å². The Morgan fingerprint density at radius 2 is 2.14 bits per heavy atom. The molecule has 1 saturated carbocycles. The lowest BCUT2D eigenvalue weighted by atomic mass is 9.85. The van der Waals surface area contributed by atoms with Crippen molar-refractivity contribution in [1.29, 1.82) is 0 Å². The van der Waals surface area contributed by atoms with Crippen LogP contribution in [0.5, 0.6) is 0 Å². The Morgan fingerprint density at radius 3 is 3.00 bits per heavy atom. The van der Waals surface area contributed by atoms with Gasteiger partial charge in [-0.25, -0.2) is 0 Å². The number of nitrogens with zero attached hydrogens (tertiary/aromatic N) is 3. The molecular formula is C16H20N4S. The molecule has 0 bridgehead atoms. The average molecular weight is 300 g/mol. The Kier molecular flexibility index (Phi) is 3.30. The van der Waals surface area contributed by atoms with Gasteiger partial charge < -0.3 is 10.6 Å². The largest absolute Gasteiger partial charge is 0.382 e. The van der Waals surface area contributed by atoms with Crippen LogP contribution in [0.2, 0.25) is 0 Å². The van der Waals surface area contributed by atoms with Crippen LogP contribution in [0.4, 0.5) is 10.8 Å². The van der Waals surface area contributed by atoms with Gasteiger partial charge in [0, 0.05) is 30.5 Å². The fraction of sp³-hybridized carbons (Fsp3) is 0.500. The maximum absolute atomic E-state index is 6.15. The van der Waals surface area contributed by atoms with Crippen molar-refractivity contribution in [3.05, 3.63) is 24.5 Å². The van der Waals surface area contributed by atoms with Crippen molar-refractivity contribution in [2.24, 2.45) is 5.92 Å². The molecule has 2 atom stereocenters. The van der Waals surface area contributed by atoms with Crippen LogP contribution in [0.3, 0.4) is 0 Å². The quantitative estimate of drug-likeness (QED) is 0.921. The van der Waals surface area contributed by atoms with Gasteiger partial charge in [-0.15, -0.1) is 0 Å². The van der Waals surface area contributed by atoms with Gasteiger partial charge in [0.05, 0.1) is 5.56 Å². The molecule has 1 saturated heterocycles. The molecule has 5 heteroatoms. The molecular weight excluding hydrogens is 280 g/mol. The molecule has 3 heterocycles. The first-order chi connectivity index (χ1) is 10.3. The van der Waals surface area contributed by atoms with Gasteiger partial charge in [0.15, 0.2) is 0 Å². The van der Waals surface area contributed by atoms with E-state index in [9.17, 15) is 0 Å². The second-order valence-electron chi connectivity index (χ2n) is 6.08. The Hall–Kier alpha value is -1.62. The van der Waals surface area contributed by atoms with Crippen LogP contribution in [0.15, 0.2) is 24.5 Å². The monoisotopic (exact) mass is 300 g/mol. The molecule has 110 valence electrons. The molecule has 4 nitrogen and oxygen atoms in total. The van der Waals surface area contributed by atoms with Gasteiger partial charge in [0.1, 0.15) is 10.8 Å². The first-order valence-corrected chi connectivity index (χ1v) is 8.54. The normalized spacial score (nSPS) is 25.0. The van der Waals surface area contributed by atoms with Crippen molar-refractivity contribution >= 4 is 22.4 Å². The second-order valence-corrected chi connectivity index (χ2v) is 6.84. The molecule has 0 aromatic carbocycles. The lowest BCUT2D eigenvalue weighted by Gasteiger charge is -2.32. The summed E-state index contributed by atoms with van der Waals surface area (Å²) in [7, 11) is 0. The SMILES string of the molecule is Nc1nsc(N2CCC3CCCCC32)c1-c1cccnc1. The zero-order valence-electron chi connectivity index (χ0n) is 12.0. The molecule has 4 rings (SSSR count). The van der Waals surface area contributed by atoms with E-state index in [1.165, 1.54) is 37.1 Å². The summed E-state index contributed by atoms with van der Waals surface area (Å²) in [5.74, 6) is 1.51. The fourth-order valence-corrected chi connectivity index (χ4v) is 4.85. The molecule has 1 aliphatic carbocycles. The van der Waals surface area contributed by atoms with Crippen molar-refractivity contribution in [3.8, 4) is 11.1 Å². The first kappa shape index (κ1) is 13.1. The molecule has 2 N–H and O–H groups in total. The van der Waals surface area contributed by atoms with E-state index in [0.717, 1.165) is 23.6 Å². The van der Waals surface area contributed by atoms with Crippen molar-refractivity contribution in [3.63, 3.8) is 0 Å². The maximum Gasteiger partial charge on any atom is 0.147 e. The summed E-state index contributed by atoms with van der Waals surface area (Å²) in [6.45, 7) is 1.14. The average Bonchev–Trinajstić information content (AvgIpc) is 3.11.